The normalized spacial score (nSPS) is 12.5. The van der Waals surface area contributed by atoms with E-state index < -0.39 is 0 Å². The smallest absolute Gasteiger partial charge is 0.146 e. The highest BCUT2D eigenvalue weighted by Crippen LogP contribution is 2.08. The third-order valence-corrected chi connectivity index (χ3v) is 2.23. The lowest BCUT2D eigenvalue weighted by molar-refractivity contribution is -0.105. The Morgan fingerprint density at radius 3 is 2.27 bits per heavy atom. The molecule has 84 valence electrons. The maximum atomic E-state index is 10.5. The molecule has 0 bridgehead atoms. The van der Waals surface area contributed by atoms with E-state index in [2.05, 4.69) is 26.8 Å². The molecule has 1 heteroatoms. The van der Waals surface area contributed by atoms with E-state index >= 15 is 0 Å². The van der Waals surface area contributed by atoms with Gasteiger partial charge >= 0.3 is 0 Å². The molecule has 0 unspecified atom stereocenters. The number of carbonyl (C=O) groups excluding carboxylic acids is 1. The van der Waals surface area contributed by atoms with E-state index in [0.717, 1.165) is 31.1 Å². The SMILES string of the molecule is CC/C(C=O)=C\C=C(/C)CCC=C(C)C. The molecule has 0 spiro atoms. The topological polar surface area (TPSA) is 17.1 Å². The summed E-state index contributed by atoms with van der Waals surface area (Å²) in [4.78, 5) is 10.5. The van der Waals surface area contributed by atoms with Crippen LogP contribution < -0.4 is 0 Å². The Morgan fingerprint density at radius 2 is 1.80 bits per heavy atom. The van der Waals surface area contributed by atoms with Crippen molar-refractivity contribution in [1.29, 1.82) is 0 Å². The van der Waals surface area contributed by atoms with Crippen LogP contribution in [0.15, 0.2) is 34.9 Å². The van der Waals surface area contributed by atoms with Gasteiger partial charge in [-0.3, -0.25) is 4.79 Å². The van der Waals surface area contributed by atoms with Gasteiger partial charge in [0.05, 0.1) is 0 Å². The fraction of sp³-hybridized carbons (Fsp3) is 0.500. The summed E-state index contributed by atoms with van der Waals surface area (Å²) in [5.74, 6) is 0. The molecule has 0 aromatic carbocycles. The summed E-state index contributed by atoms with van der Waals surface area (Å²) in [7, 11) is 0. The number of hydrogen-bond acceptors (Lipinski definition) is 1. The molecule has 1 nitrogen and oxygen atoms in total. The molecule has 0 rings (SSSR count). The van der Waals surface area contributed by atoms with Gasteiger partial charge < -0.3 is 0 Å². The van der Waals surface area contributed by atoms with Gasteiger partial charge in [0.2, 0.25) is 0 Å². The van der Waals surface area contributed by atoms with Gasteiger partial charge in [-0.1, -0.05) is 36.3 Å². The lowest BCUT2D eigenvalue weighted by atomic mass is 10.1. The molecule has 0 aliphatic heterocycles. The van der Waals surface area contributed by atoms with E-state index in [9.17, 15) is 4.79 Å². The summed E-state index contributed by atoms with van der Waals surface area (Å²) >= 11 is 0. The van der Waals surface area contributed by atoms with Gasteiger partial charge in [-0.2, -0.15) is 0 Å². The van der Waals surface area contributed by atoms with Crippen molar-refractivity contribution in [2.75, 3.05) is 0 Å². The second-order valence-corrected chi connectivity index (χ2v) is 4.05. The van der Waals surface area contributed by atoms with Gasteiger partial charge in [-0.25, -0.2) is 0 Å². The van der Waals surface area contributed by atoms with E-state index in [4.69, 9.17) is 0 Å². The lowest BCUT2D eigenvalue weighted by Crippen LogP contribution is -1.81. The van der Waals surface area contributed by atoms with Crippen LogP contribution in [0.5, 0.6) is 0 Å². The first-order chi connectivity index (χ1) is 7.10. The van der Waals surface area contributed by atoms with Crippen LogP contribution in [0.3, 0.4) is 0 Å². The van der Waals surface area contributed by atoms with Crippen LogP contribution in [-0.4, -0.2) is 6.29 Å². The number of rotatable bonds is 6. The second kappa shape index (κ2) is 8.22. The van der Waals surface area contributed by atoms with E-state index in [0.29, 0.717) is 0 Å². The lowest BCUT2D eigenvalue weighted by Gasteiger charge is -1.97. The highest BCUT2D eigenvalue weighted by molar-refractivity contribution is 5.73. The fourth-order valence-corrected chi connectivity index (χ4v) is 1.16. The van der Waals surface area contributed by atoms with Crippen LogP contribution >= 0.6 is 0 Å². The van der Waals surface area contributed by atoms with E-state index in [1.807, 2.05) is 19.1 Å². The van der Waals surface area contributed by atoms with Crippen LogP contribution in [0.25, 0.3) is 0 Å². The molecule has 0 heterocycles. The Balaban J connectivity index is 4.14. The van der Waals surface area contributed by atoms with Crippen molar-refractivity contribution in [2.24, 2.45) is 0 Å². The van der Waals surface area contributed by atoms with Crippen molar-refractivity contribution in [1.82, 2.24) is 0 Å². The second-order valence-electron chi connectivity index (χ2n) is 4.05. The van der Waals surface area contributed by atoms with Gasteiger partial charge in [0.15, 0.2) is 0 Å². The van der Waals surface area contributed by atoms with Crippen molar-refractivity contribution in [2.45, 2.75) is 47.0 Å². The molecule has 0 fully saturated rings. The summed E-state index contributed by atoms with van der Waals surface area (Å²) < 4.78 is 0. The van der Waals surface area contributed by atoms with Crippen LogP contribution in [0.1, 0.15) is 47.0 Å². The van der Waals surface area contributed by atoms with Crippen LogP contribution in [0.2, 0.25) is 0 Å². The van der Waals surface area contributed by atoms with Gasteiger partial charge in [0.25, 0.3) is 0 Å². The summed E-state index contributed by atoms with van der Waals surface area (Å²) in [6.07, 6.45) is 10.1. The van der Waals surface area contributed by atoms with Crippen LogP contribution in [-0.2, 0) is 4.79 Å². The molecule has 0 aliphatic carbocycles. The molecular formula is C14H22O. The van der Waals surface area contributed by atoms with Gasteiger partial charge in [0.1, 0.15) is 6.29 Å². The van der Waals surface area contributed by atoms with Gasteiger partial charge in [0, 0.05) is 0 Å². The predicted molar refractivity (Wildman–Crippen MR) is 66.9 cm³/mol. The Hall–Kier alpha value is -1.11. The minimum Gasteiger partial charge on any atom is -0.298 e. The zero-order valence-corrected chi connectivity index (χ0v) is 10.3. The van der Waals surface area contributed by atoms with E-state index in [1.165, 1.54) is 11.1 Å². The molecule has 15 heavy (non-hydrogen) atoms. The molecular weight excluding hydrogens is 184 g/mol. The third kappa shape index (κ3) is 7.92. The molecule has 0 N–H and O–H groups in total. The van der Waals surface area contributed by atoms with Crippen LogP contribution in [0, 0.1) is 0 Å². The Labute approximate surface area is 93.6 Å². The maximum Gasteiger partial charge on any atom is 0.146 e. The highest BCUT2D eigenvalue weighted by atomic mass is 16.1. The molecule has 0 aromatic heterocycles. The summed E-state index contributed by atoms with van der Waals surface area (Å²) in [6.45, 7) is 8.32. The first-order valence-corrected chi connectivity index (χ1v) is 5.55. The monoisotopic (exact) mass is 206 g/mol. The third-order valence-electron chi connectivity index (χ3n) is 2.23. The summed E-state index contributed by atoms with van der Waals surface area (Å²) in [6, 6.07) is 0. The number of carbonyl (C=O) groups is 1. The fourth-order valence-electron chi connectivity index (χ4n) is 1.16. The predicted octanol–water partition coefficient (Wildman–Crippen LogP) is 4.21. The van der Waals surface area contributed by atoms with Crippen molar-refractivity contribution in [3.8, 4) is 0 Å². The molecule has 0 aliphatic rings. The Bertz CT molecular complexity index is 276. The molecule has 0 aromatic rings. The zero-order valence-electron chi connectivity index (χ0n) is 10.3. The highest BCUT2D eigenvalue weighted by Gasteiger charge is 1.90. The van der Waals surface area contributed by atoms with E-state index in [-0.39, 0.29) is 0 Å². The quantitative estimate of drug-likeness (QED) is 0.275. The number of hydrogen-bond donors (Lipinski definition) is 0. The molecule has 0 saturated carbocycles. The Kier molecular flexibility index (Phi) is 7.61. The largest absolute Gasteiger partial charge is 0.298 e. The molecule has 0 atom stereocenters. The van der Waals surface area contributed by atoms with Crippen LogP contribution in [0.4, 0.5) is 0 Å². The molecule has 0 amide bonds. The van der Waals surface area contributed by atoms with Crippen molar-refractivity contribution in [3.63, 3.8) is 0 Å². The van der Waals surface area contributed by atoms with Gasteiger partial charge in [-0.15, -0.1) is 0 Å². The van der Waals surface area contributed by atoms with Crippen molar-refractivity contribution < 1.29 is 4.79 Å². The Morgan fingerprint density at radius 1 is 1.13 bits per heavy atom. The first-order valence-electron chi connectivity index (χ1n) is 5.55. The minimum absolute atomic E-state index is 0.807. The van der Waals surface area contributed by atoms with Gasteiger partial charge in [-0.05, 0) is 45.6 Å². The van der Waals surface area contributed by atoms with Crippen molar-refractivity contribution >= 4 is 6.29 Å². The first kappa shape index (κ1) is 13.9. The standard InChI is InChI=1S/C14H22O/c1-5-14(11-15)10-9-13(4)8-6-7-12(2)3/h7,9-11H,5-6,8H2,1-4H3/b13-9+,14-10+. The molecule has 0 radical (unpaired) electrons. The molecule has 0 saturated heterocycles. The average Bonchev–Trinajstić information content (AvgIpc) is 2.18. The number of aldehydes is 1. The minimum atomic E-state index is 0.807. The van der Waals surface area contributed by atoms with E-state index in [1.54, 1.807) is 0 Å². The number of allylic oxidation sites excluding steroid dienone is 6. The summed E-state index contributed by atoms with van der Waals surface area (Å²) in [5, 5.41) is 0. The average molecular weight is 206 g/mol. The summed E-state index contributed by atoms with van der Waals surface area (Å²) in [5.41, 5.74) is 3.54. The maximum absolute atomic E-state index is 10.5. The zero-order chi connectivity index (χ0) is 11.7. The van der Waals surface area contributed by atoms with Crippen molar-refractivity contribution in [3.05, 3.63) is 34.9 Å².